The highest BCUT2D eigenvalue weighted by Crippen LogP contribution is 2.30. The quantitative estimate of drug-likeness (QED) is 0.599. The first-order chi connectivity index (χ1) is 6.31. The van der Waals surface area contributed by atoms with Crippen LogP contribution < -0.4 is 21.3 Å². The summed E-state index contributed by atoms with van der Waals surface area (Å²) >= 11 is 0. The Kier molecular flexibility index (Phi) is 2.08. The molecule has 0 bridgehead atoms. The summed E-state index contributed by atoms with van der Waals surface area (Å²) in [5.74, 6) is 6.62. The van der Waals surface area contributed by atoms with E-state index in [2.05, 4.69) is 0 Å². The Hall–Kier alpha value is -1.26. The van der Waals surface area contributed by atoms with Crippen molar-refractivity contribution in [2.75, 3.05) is 18.1 Å². The van der Waals surface area contributed by atoms with E-state index < -0.39 is 0 Å². The maximum Gasteiger partial charge on any atom is 0.144 e. The van der Waals surface area contributed by atoms with E-state index in [9.17, 15) is 0 Å². The van der Waals surface area contributed by atoms with Crippen molar-refractivity contribution >= 4 is 5.69 Å². The summed E-state index contributed by atoms with van der Waals surface area (Å²) in [4.78, 5) is 0. The number of ether oxygens (including phenoxy) is 1. The van der Waals surface area contributed by atoms with Crippen molar-refractivity contribution in [3.05, 3.63) is 24.3 Å². The van der Waals surface area contributed by atoms with Gasteiger partial charge in [-0.05, 0) is 12.1 Å². The minimum atomic E-state index is -0.0000926. The fourth-order valence-electron chi connectivity index (χ4n) is 1.45. The summed E-state index contributed by atoms with van der Waals surface area (Å²) in [7, 11) is 0. The molecule has 1 atom stereocenters. The Morgan fingerprint density at radius 3 is 3.00 bits per heavy atom. The van der Waals surface area contributed by atoms with Gasteiger partial charge in [0.2, 0.25) is 0 Å². The van der Waals surface area contributed by atoms with Crippen LogP contribution in [0.1, 0.15) is 0 Å². The highest BCUT2D eigenvalue weighted by molar-refractivity contribution is 5.58. The molecule has 1 aliphatic heterocycles. The predicted octanol–water partition coefficient (Wildman–Crippen LogP) is 0.0864. The molecule has 4 N–H and O–H groups in total. The molecule has 0 saturated heterocycles. The molecule has 4 nitrogen and oxygen atoms in total. The first-order valence-corrected chi connectivity index (χ1v) is 4.29. The largest absolute Gasteiger partial charge is 0.485 e. The first-order valence-electron chi connectivity index (χ1n) is 4.29. The lowest BCUT2D eigenvalue weighted by Gasteiger charge is -2.32. The van der Waals surface area contributed by atoms with E-state index in [0.29, 0.717) is 13.1 Å². The van der Waals surface area contributed by atoms with E-state index in [4.69, 9.17) is 16.3 Å². The van der Waals surface area contributed by atoms with Crippen LogP contribution in [0.25, 0.3) is 0 Å². The van der Waals surface area contributed by atoms with Crippen molar-refractivity contribution in [2.45, 2.75) is 6.10 Å². The average molecular weight is 179 g/mol. The van der Waals surface area contributed by atoms with E-state index in [0.717, 1.165) is 11.4 Å². The third kappa shape index (κ3) is 1.46. The Bertz CT molecular complexity index is 303. The van der Waals surface area contributed by atoms with E-state index in [1.165, 1.54) is 0 Å². The monoisotopic (exact) mass is 179 g/mol. The summed E-state index contributed by atoms with van der Waals surface area (Å²) < 4.78 is 5.60. The van der Waals surface area contributed by atoms with Crippen molar-refractivity contribution in [1.29, 1.82) is 0 Å². The SMILES string of the molecule is NCC1CN(N)c2ccccc2O1. The van der Waals surface area contributed by atoms with Gasteiger partial charge >= 0.3 is 0 Å². The Labute approximate surface area is 77.0 Å². The van der Waals surface area contributed by atoms with E-state index in [1.54, 1.807) is 5.01 Å². The van der Waals surface area contributed by atoms with Crippen molar-refractivity contribution in [3.8, 4) is 5.75 Å². The topological polar surface area (TPSA) is 64.5 Å². The van der Waals surface area contributed by atoms with Gasteiger partial charge < -0.3 is 15.5 Å². The van der Waals surface area contributed by atoms with E-state index >= 15 is 0 Å². The second kappa shape index (κ2) is 3.24. The molecule has 4 heteroatoms. The molecule has 13 heavy (non-hydrogen) atoms. The third-order valence-electron chi connectivity index (χ3n) is 2.13. The van der Waals surface area contributed by atoms with E-state index in [-0.39, 0.29) is 6.10 Å². The van der Waals surface area contributed by atoms with Gasteiger partial charge in [-0.3, -0.25) is 0 Å². The lowest BCUT2D eigenvalue weighted by Crippen LogP contribution is -2.47. The molecule has 70 valence electrons. The zero-order valence-electron chi connectivity index (χ0n) is 7.31. The second-order valence-electron chi connectivity index (χ2n) is 3.10. The van der Waals surface area contributed by atoms with Crippen LogP contribution in [0, 0.1) is 0 Å². The normalized spacial score (nSPS) is 20.8. The maximum absolute atomic E-state index is 5.81. The molecule has 0 fully saturated rings. The van der Waals surface area contributed by atoms with Gasteiger partial charge in [-0.1, -0.05) is 12.1 Å². The molecule has 0 spiro atoms. The number of rotatable bonds is 1. The smallest absolute Gasteiger partial charge is 0.144 e. The van der Waals surface area contributed by atoms with Gasteiger partial charge in [0.1, 0.15) is 11.9 Å². The lowest BCUT2D eigenvalue weighted by atomic mass is 10.2. The zero-order valence-corrected chi connectivity index (χ0v) is 7.31. The molecule has 0 radical (unpaired) electrons. The number of para-hydroxylation sites is 2. The molecule has 0 aliphatic carbocycles. The van der Waals surface area contributed by atoms with Crippen LogP contribution >= 0.6 is 0 Å². The predicted molar refractivity (Wildman–Crippen MR) is 51.4 cm³/mol. The molecule has 0 aromatic heterocycles. The molecule has 0 saturated carbocycles. The maximum atomic E-state index is 5.81. The van der Waals surface area contributed by atoms with Gasteiger partial charge in [-0.15, -0.1) is 0 Å². The van der Waals surface area contributed by atoms with Crippen LogP contribution in [0.15, 0.2) is 24.3 Å². The standard InChI is InChI=1S/C9H13N3O/c10-5-7-6-12(11)8-3-1-2-4-9(8)13-7/h1-4,7H,5-6,10-11H2. The second-order valence-corrected chi connectivity index (χ2v) is 3.10. The van der Waals surface area contributed by atoms with Gasteiger partial charge in [0, 0.05) is 6.54 Å². The van der Waals surface area contributed by atoms with Crippen LogP contribution in [0.4, 0.5) is 5.69 Å². The van der Waals surface area contributed by atoms with E-state index in [1.807, 2.05) is 24.3 Å². The molecule has 1 heterocycles. The van der Waals surface area contributed by atoms with Gasteiger partial charge in [-0.25, -0.2) is 5.84 Å². The minimum absolute atomic E-state index is 0.0000926. The van der Waals surface area contributed by atoms with Crippen LogP contribution in [-0.4, -0.2) is 19.2 Å². The molecule has 2 rings (SSSR count). The van der Waals surface area contributed by atoms with Gasteiger partial charge in [0.15, 0.2) is 0 Å². The number of hydrazine groups is 1. The number of nitrogens with two attached hydrogens (primary N) is 2. The number of fused-ring (bicyclic) bond motifs is 1. The minimum Gasteiger partial charge on any atom is -0.485 e. The van der Waals surface area contributed by atoms with Crippen molar-refractivity contribution in [1.82, 2.24) is 0 Å². The number of benzene rings is 1. The number of nitrogens with zero attached hydrogens (tertiary/aromatic N) is 1. The molecule has 1 aliphatic rings. The Balaban J connectivity index is 2.31. The Morgan fingerprint density at radius 1 is 1.46 bits per heavy atom. The van der Waals surface area contributed by atoms with Gasteiger partial charge in [0.25, 0.3) is 0 Å². The van der Waals surface area contributed by atoms with Gasteiger partial charge in [-0.2, -0.15) is 0 Å². The van der Waals surface area contributed by atoms with Crippen molar-refractivity contribution < 1.29 is 4.74 Å². The summed E-state index contributed by atoms with van der Waals surface area (Å²) in [5, 5.41) is 1.68. The molecule has 1 aromatic carbocycles. The number of hydrogen-bond donors (Lipinski definition) is 2. The van der Waals surface area contributed by atoms with Gasteiger partial charge in [0.05, 0.1) is 12.2 Å². The van der Waals surface area contributed by atoms with Crippen molar-refractivity contribution in [3.63, 3.8) is 0 Å². The zero-order chi connectivity index (χ0) is 9.26. The molecular weight excluding hydrogens is 166 g/mol. The summed E-state index contributed by atoms with van der Waals surface area (Å²) in [6.07, 6.45) is -0.0000926. The van der Waals surface area contributed by atoms with Crippen LogP contribution in [-0.2, 0) is 0 Å². The lowest BCUT2D eigenvalue weighted by molar-refractivity contribution is 0.201. The highest BCUT2D eigenvalue weighted by atomic mass is 16.5. The fraction of sp³-hybridized carbons (Fsp3) is 0.333. The van der Waals surface area contributed by atoms with Crippen molar-refractivity contribution in [2.24, 2.45) is 11.6 Å². The highest BCUT2D eigenvalue weighted by Gasteiger charge is 2.21. The third-order valence-corrected chi connectivity index (χ3v) is 2.13. The fourth-order valence-corrected chi connectivity index (χ4v) is 1.45. The average Bonchev–Trinajstić information content (AvgIpc) is 2.18. The molecule has 0 amide bonds. The van der Waals surface area contributed by atoms with Crippen LogP contribution in [0.3, 0.4) is 0 Å². The summed E-state index contributed by atoms with van der Waals surface area (Å²) in [6, 6.07) is 7.69. The number of anilines is 1. The molecular formula is C9H13N3O. The first kappa shape index (κ1) is 8.34. The summed E-state index contributed by atoms with van der Waals surface area (Å²) in [6.45, 7) is 1.13. The summed E-state index contributed by atoms with van der Waals surface area (Å²) in [5.41, 5.74) is 6.44. The van der Waals surface area contributed by atoms with Crippen LogP contribution in [0.2, 0.25) is 0 Å². The molecule has 1 aromatic rings. The van der Waals surface area contributed by atoms with Crippen LogP contribution in [0.5, 0.6) is 5.75 Å². The number of hydrogen-bond acceptors (Lipinski definition) is 4. The molecule has 1 unspecified atom stereocenters. The Morgan fingerprint density at radius 2 is 2.23 bits per heavy atom.